The fourth-order valence-corrected chi connectivity index (χ4v) is 0.618. The van der Waals surface area contributed by atoms with Crippen molar-refractivity contribution in [1.82, 2.24) is 10.2 Å². The number of aromatic amines is 1. The maximum absolute atomic E-state index is 9.63. The van der Waals surface area contributed by atoms with Crippen LogP contribution in [0.25, 0.3) is 0 Å². The van der Waals surface area contributed by atoms with Gasteiger partial charge in [-0.1, -0.05) is 20.8 Å². The fourth-order valence-electron chi connectivity index (χ4n) is 0.618. The molecule has 0 aliphatic rings. The molecule has 0 saturated heterocycles. The highest BCUT2D eigenvalue weighted by atomic mass is 32.2. The van der Waals surface area contributed by atoms with Crippen LogP contribution in [-0.4, -0.2) is 42.5 Å². The molecule has 1 atom stereocenters. The van der Waals surface area contributed by atoms with Gasteiger partial charge in [-0.05, 0) is 6.42 Å². The lowest BCUT2D eigenvalue weighted by Gasteiger charge is -2.08. The number of aromatic nitrogens is 2. The molecule has 3 N–H and O–H groups in total. The summed E-state index contributed by atoms with van der Waals surface area (Å²) in [5.74, 6) is 0.745. The van der Waals surface area contributed by atoms with Gasteiger partial charge in [0.05, 0.1) is 6.20 Å². The van der Waals surface area contributed by atoms with Crippen LogP contribution in [0.1, 0.15) is 27.2 Å². The first-order valence-corrected chi connectivity index (χ1v) is 7.72. The van der Waals surface area contributed by atoms with Gasteiger partial charge in [0.1, 0.15) is 21.9 Å². The first kappa shape index (κ1) is 18.3. The lowest BCUT2D eigenvalue weighted by molar-refractivity contribution is 0.199. The van der Waals surface area contributed by atoms with E-state index in [1.165, 1.54) is 0 Å². The molecule has 1 unspecified atom stereocenters. The van der Waals surface area contributed by atoms with Crippen molar-refractivity contribution in [2.75, 3.05) is 17.8 Å². The molecule has 17 heavy (non-hydrogen) atoms. The van der Waals surface area contributed by atoms with E-state index in [0.29, 0.717) is 6.42 Å². The summed E-state index contributed by atoms with van der Waals surface area (Å²) in [6.07, 6.45) is 4.14. The van der Waals surface area contributed by atoms with E-state index in [0.717, 1.165) is 18.3 Å². The molecule has 1 aromatic rings. The number of aliphatic hydroxyl groups is 1. The van der Waals surface area contributed by atoms with E-state index in [-0.39, 0.29) is 0 Å². The van der Waals surface area contributed by atoms with Crippen LogP contribution in [0.4, 0.5) is 5.82 Å². The molecule has 1 heterocycles. The van der Waals surface area contributed by atoms with Gasteiger partial charge < -0.3 is 10.4 Å². The Bertz CT molecular complexity index is 341. The van der Waals surface area contributed by atoms with E-state index in [1.54, 1.807) is 12.3 Å². The van der Waals surface area contributed by atoms with Gasteiger partial charge in [0.15, 0.2) is 0 Å². The fraction of sp³-hybridized carbons (Fsp3) is 0.700. The molecule has 0 aliphatic heterocycles. The van der Waals surface area contributed by atoms with Crippen molar-refractivity contribution in [3.63, 3.8) is 0 Å². The molecular formula is C10H23N3O3S. The molecule has 0 radical (unpaired) electrons. The number of aliphatic hydroxyl groups excluding tert-OH is 1. The van der Waals surface area contributed by atoms with Crippen LogP contribution in [0.5, 0.6) is 0 Å². The molecule has 6 nitrogen and oxygen atoms in total. The number of nitrogens with one attached hydrogen (secondary N) is 2. The Kier molecular flexibility index (Phi) is 10.9. The van der Waals surface area contributed by atoms with E-state index in [2.05, 4.69) is 15.5 Å². The van der Waals surface area contributed by atoms with Crippen LogP contribution in [0.3, 0.4) is 0 Å². The number of sulfone groups is 1. The van der Waals surface area contributed by atoms with E-state index >= 15 is 0 Å². The molecule has 102 valence electrons. The van der Waals surface area contributed by atoms with Crippen molar-refractivity contribution in [2.24, 2.45) is 0 Å². The van der Waals surface area contributed by atoms with Gasteiger partial charge in [-0.3, -0.25) is 5.10 Å². The van der Waals surface area contributed by atoms with E-state index in [4.69, 9.17) is 5.11 Å². The highest BCUT2D eigenvalue weighted by molar-refractivity contribution is 7.89. The number of anilines is 1. The minimum absolute atomic E-state index is 0.486. The number of hydrogen-bond donors (Lipinski definition) is 3. The third kappa shape index (κ3) is 17.5. The molecule has 0 bridgehead atoms. The van der Waals surface area contributed by atoms with E-state index < -0.39 is 16.1 Å². The molecule has 0 spiro atoms. The Labute approximate surface area is 103 Å². The SMILES string of the molecule is CC.CCC(O)Nc1ccn[nH]1.CS(C)(=O)=O. The van der Waals surface area contributed by atoms with Crippen LogP contribution in [0.15, 0.2) is 12.3 Å². The van der Waals surface area contributed by atoms with Crippen molar-refractivity contribution < 1.29 is 13.5 Å². The molecule has 0 aliphatic carbocycles. The zero-order chi connectivity index (χ0) is 13.9. The molecule has 0 fully saturated rings. The monoisotopic (exact) mass is 265 g/mol. The zero-order valence-corrected chi connectivity index (χ0v) is 11.9. The van der Waals surface area contributed by atoms with Crippen molar-refractivity contribution >= 4 is 15.7 Å². The maximum Gasteiger partial charge on any atom is 0.144 e. The summed E-state index contributed by atoms with van der Waals surface area (Å²) in [6.45, 7) is 5.90. The Hall–Kier alpha value is -1.08. The Morgan fingerprint density at radius 3 is 2.24 bits per heavy atom. The van der Waals surface area contributed by atoms with Gasteiger partial charge in [0, 0.05) is 18.6 Å². The van der Waals surface area contributed by atoms with Crippen LogP contribution < -0.4 is 5.32 Å². The van der Waals surface area contributed by atoms with Gasteiger partial charge in [-0.2, -0.15) is 5.10 Å². The summed E-state index contributed by atoms with van der Waals surface area (Å²) in [7, 11) is -2.67. The van der Waals surface area contributed by atoms with Gasteiger partial charge in [-0.25, -0.2) is 8.42 Å². The number of nitrogens with zero attached hydrogens (tertiary/aromatic N) is 1. The zero-order valence-electron chi connectivity index (χ0n) is 11.1. The Balaban J connectivity index is 0. The van der Waals surface area contributed by atoms with Crippen molar-refractivity contribution in [3.05, 3.63) is 12.3 Å². The molecule has 1 rings (SSSR count). The predicted molar refractivity (Wildman–Crippen MR) is 70.6 cm³/mol. The van der Waals surface area contributed by atoms with E-state index in [1.807, 2.05) is 20.8 Å². The third-order valence-corrected chi connectivity index (χ3v) is 1.21. The summed E-state index contributed by atoms with van der Waals surface area (Å²) >= 11 is 0. The third-order valence-electron chi connectivity index (χ3n) is 1.21. The first-order valence-electron chi connectivity index (χ1n) is 5.42. The summed E-state index contributed by atoms with van der Waals surface area (Å²) in [4.78, 5) is 0. The summed E-state index contributed by atoms with van der Waals surface area (Å²) < 4.78 is 19.3. The molecule has 0 aromatic carbocycles. The smallest absolute Gasteiger partial charge is 0.144 e. The molecule has 7 heteroatoms. The van der Waals surface area contributed by atoms with Crippen molar-refractivity contribution in [2.45, 2.75) is 33.4 Å². The topological polar surface area (TPSA) is 95.1 Å². The second-order valence-corrected chi connectivity index (χ2v) is 5.47. The highest BCUT2D eigenvalue weighted by Gasteiger charge is 1.98. The molecule has 0 saturated carbocycles. The lowest BCUT2D eigenvalue weighted by Crippen LogP contribution is -2.16. The molecular weight excluding hydrogens is 242 g/mol. The molecule has 1 aromatic heterocycles. The minimum atomic E-state index is -2.67. The summed E-state index contributed by atoms with van der Waals surface area (Å²) in [5.41, 5.74) is 0. The standard InChI is InChI=1S/C6H11N3O.C2H6O2S.C2H6/c1-2-6(10)8-5-3-4-7-9-5;1-5(2,3)4;1-2/h3-4,6,10H,2H2,1H3,(H2,7,8,9);1-2H3;1-2H3. The van der Waals surface area contributed by atoms with Crippen LogP contribution in [0.2, 0.25) is 0 Å². The van der Waals surface area contributed by atoms with Crippen LogP contribution in [0, 0.1) is 0 Å². The number of H-pyrrole nitrogens is 1. The van der Waals surface area contributed by atoms with Gasteiger partial charge >= 0.3 is 0 Å². The quantitative estimate of drug-likeness (QED) is 0.715. The average Bonchev–Trinajstić information content (AvgIpc) is 2.71. The number of hydrogen-bond acceptors (Lipinski definition) is 5. The van der Waals surface area contributed by atoms with Crippen molar-refractivity contribution in [3.8, 4) is 0 Å². The minimum Gasteiger partial charge on any atom is -0.374 e. The number of rotatable bonds is 3. The Morgan fingerprint density at radius 2 is 1.94 bits per heavy atom. The lowest BCUT2D eigenvalue weighted by atomic mass is 10.4. The summed E-state index contributed by atoms with van der Waals surface area (Å²) in [5, 5.41) is 18.3. The summed E-state index contributed by atoms with van der Waals surface area (Å²) in [6, 6.07) is 1.76. The van der Waals surface area contributed by atoms with Gasteiger partial charge in [0.25, 0.3) is 0 Å². The largest absolute Gasteiger partial charge is 0.374 e. The van der Waals surface area contributed by atoms with Gasteiger partial charge in [-0.15, -0.1) is 0 Å². The Morgan fingerprint density at radius 1 is 1.47 bits per heavy atom. The average molecular weight is 265 g/mol. The van der Waals surface area contributed by atoms with Crippen molar-refractivity contribution in [1.29, 1.82) is 0 Å². The normalized spacial score (nSPS) is 11.4. The second-order valence-electron chi connectivity index (χ2n) is 3.18. The van der Waals surface area contributed by atoms with E-state index in [9.17, 15) is 8.42 Å². The predicted octanol–water partition coefficient (Wildman–Crippen LogP) is 1.24. The second kappa shape index (κ2) is 10.1. The van der Waals surface area contributed by atoms with Crippen LogP contribution >= 0.6 is 0 Å². The molecule has 0 amide bonds. The first-order chi connectivity index (χ1) is 7.83. The van der Waals surface area contributed by atoms with Gasteiger partial charge in [0.2, 0.25) is 0 Å². The highest BCUT2D eigenvalue weighted by Crippen LogP contribution is 2.01. The maximum atomic E-state index is 9.63. The van der Waals surface area contributed by atoms with Crippen LogP contribution in [-0.2, 0) is 9.84 Å².